The van der Waals surface area contributed by atoms with E-state index in [1.54, 1.807) is 18.2 Å². The van der Waals surface area contributed by atoms with E-state index >= 15 is 0 Å². The van der Waals surface area contributed by atoms with E-state index in [-0.39, 0.29) is 5.75 Å². The second-order valence-corrected chi connectivity index (χ2v) is 2.81. The van der Waals surface area contributed by atoms with Crippen LogP contribution in [-0.2, 0) is 0 Å². The standard InChI is InChI=1S/C9H6N2OS/c12-6-1-2-7-8(3-6)10-5-11-9(7)4-13/h1-5,12H. The van der Waals surface area contributed by atoms with Crippen LogP contribution in [0.3, 0.4) is 0 Å². The van der Waals surface area contributed by atoms with Crippen LogP contribution < -0.4 is 0 Å². The molecule has 64 valence electrons. The molecule has 1 aromatic carbocycles. The molecular weight excluding hydrogens is 184 g/mol. The van der Waals surface area contributed by atoms with Crippen LogP contribution in [0.25, 0.3) is 10.9 Å². The molecule has 0 fully saturated rings. The number of rotatable bonds is 1. The monoisotopic (exact) mass is 190 g/mol. The van der Waals surface area contributed by atoms with Gasteiger partial charge in [0.2, 0.25) is 0 Å². The van der Waals surface area contributed by atoms with Crippen molar-refractivity contribution in [3.63, 3.8) is 0 Å². The Balaban J connectivity index is 2.84. The predicted molar refractivity (Wildman–Crippen MR) is 54.0 cm³/mol. The SMILES string of the molecule is Oc1ccc2c(C=S)ncnc2c1. The van der Waals surface area contributed by atoms with E-state index in [1.165, 1.54) is 11.7 Å². The molecule has 0 bridgehead atoms. The number of fused-ring (bicyclic) bond motifs is 1. The lowest BCUT2D eigenvalue weighted by molar-refractivity contribution is 0.476. The summed E-state index contributed by atoms with van der Waals surface area (Å²) in [5.74, 6) is 0.196. The number of benzene rings is 1. The molecule has 2 aromatic rings. The smallest absolute Gasteiger partial charge is 0.117 e. The van der Waals surface area contributed by atoms with E-state index in [0.717, 1.165) is 5.39 Å². The first kappa shape index (κ1) is 8.07. The van der Waals surface area contributed by atoms with E-state index in [2.05, 4.69) is 9.97 Å². The van der Waals surface area contributed by atoms with Crippen molar-refractivity contribution in [2.45, 2.75) is 0 Å². The van der Waals surface area contributed by atoms with Crippen LogP contribution in [0.2, 0.25) is 0 Å². The molecule has 0 spiro atoms. The summed E-state index contributed by atoms with van der Waals surface area (Å²) in [6, 6.07) is 4.93. The summed E-state index contributed by atoms with van der Waals surface area (Å²) in [6.45, 7) is 0. The maximum atomic E-state index is 9.20. The van der Waals surface area contributed by atoms with Crippen molar-refractivity contribution in [3.05, 3.63) is 30.2 Å². The van der Waals surface area contributed by atoms with Crippen molar-refractivity contribution in [1.82, 2.24) is 9.97 Å². The highest BCUT2D eigenvalue weighted by Crippen LogP contribution is 2.18. The van der Waals surface area contributed by atoms with Crippen molar-refractivity contribution in [2.75, 3.05) is 0 Å². The lowest BCUT2D eigenvalue weighted by Gasteiger charge is -1.99. The number of thiocarbonyl (C=S) groups is 1. The number of phenols is 1. The van der Waals surface area contributed by atoms with Crippen LogP contribution in [0.4, 0.5) is 0 Å². The summed E-state index contributed by atoms with van der Waals surface area (Å²) in [5.41, 5.74) is 1.41. The quantitative estimate of drug-likeness (QED) is 0.695. The molecule has 0 amide bonds. The molecular formula is C9H6N2OS. The molecule has 0 atom stereocenters. The summed E-state index contributed by atoms with van der Waals surface area (Å²) in [6.07, 6.45) is 1.43. The van der Waals surface area contributed by atoms with Gasteiger partial charge >= 0.3 is 0 Å². The normalized spacial score (nSPS) is 10.2. The first-order valence-corrected chi connectivity index (χ1v) is 4.17. The maximum absolute atomic E-state index is 9.20. The van der Waals surface area contributed by atoms with E-state index in [4.69, 9.17) is 12.2 Å². The minimum Gasteiger partial charge on any atom is -0.508 e. The van der Waals surface area contributed by atoms with Gasteiger partial charge < -0.3 is 5.11 Å². The second-order valence-electron chi connectivity index (χ2n) is 2.58. The molecule has 0 saturated heterocycles. The average molecular weight is 190 g/mol. The highest BCUT2D eigenvalue weighted by Gasteiger charge is 2.00. The minimum atomic E-state index is 0.196. The third-order valence-corrected chi connectivity index (χ3v) is 1.99. The van der Waals surface area contributed by atoms with Crippen molar-refractivity contribution in [1.29, 1.82) is 0 Å². The van der Waals surface area contributed by atoms with Gasteiger partial charge in [-0.05, 0) is 12.1 Å². The fourth-order valence-corrected chi connectivity index (χ4v) is 1.35. The second kappa shape index (κ2) is 3.06. The molecule has 0 aliphatic rings. The molecule has 0 saturated carbocycles. The number of nitrogens with zero attached hydrogens (tertiary/aromatic N) is 2. The third kappa shape index (κ3) is 1.36. The first-order valence-electron chi connectivity index (χ1n) is 3.70. The van der Waals surface area contributed by atoms with Gasteiger partial charge in [-0.1, -0.05) is 12.2 Å². The summed E-state index contributed by atoms with van der Waals surface area (Å²) in [5, 5.41) is 11.6. The zero-order valence-corrected chi connectivity index (χ0v) is 7.45. The zero-order valence-electron chi connectivity index (χ0n) is 6.64. The van der Waals surface area contributed by atoms with Crippen molar-refractivity contribution in [3.8, 4) is 5.75 Å². The summed E-state index contributed by atoms with van der Waals surface area (Å²) >= 11 is 4.80. The molecule has 1 heterocycles. The first-order chi connectivity index (χ1) is 6.31. The largest absolute Gasteiger partial charge is 0.508 e. The summed E-state index contributed by atoms with van der Waals surface area (Å²) in [7, 11) is 0. The van der Waals surface area contributed by atoms with Crippen molar-refractivity contribution in [2.24, 2.45) is 0 Å². The molecule has 13 heavy (non-hydrogen) atoms. The lowest BCUT2D eigenvalue weighted by Crippen LogP contribution is -1.89. The van der Waals surface area contributed by atoms with Gasteiger partial charge in [-0.3, -0.25) is 0 Å². The highest BCUT2D eigenvalue weighted by molar-refractivity contribution is 7.79. The molecule has 0 aliphatic heterocycles. The number of hydrogen-bond donors (Lipinski definition) is 1. The van der Waals surface area contributed by atoms with Gasteiger partial charge in [-0.2, -0.15) is 0 Å². The summed E-state index contributed by atoms with van der Waals surface area (Å²) < 4.78 is 0. The van der Waals surface area contributed by atoms with Crippen LogP contribution in [0.15, 0.2) is 24.5 Å². The topological polar surface area (TPSA) is 46.0 Å². The van der Waals surface area contributed by atoms with Crippen molar-refractivity contribution >= 4 is 28.5 Å². The van der Waals surface area contributed by atoms with Gasteiger partial charge in [-0.25, -0.2) is 9.97 Å². The molecule has 3 nitrogen and oxygen atoms in total. The van der Waals surface area contributed by atoms with Gasteiger partial charge in [0.05, 0.1) is 11.2 Å². The van der Waals surface area contributed by atoms with Crippen LogP contribution in [0.5, 0.6) is 5.75 Å². The molecule has 4 heteroatoms. The molecule has 0 radical (unpaired) electrons. The van der Waals surface area contributed by atoms with Crippen LogP contribution in [-0.4, -0.2) is 20.4 Å². The van der Waals surface area contributed by atoms with E-state index < -0.39 is 0 Å². The highest BCUT2D eigenvalue weighted by atomic mass is 32.1. The predicted octanol–water partition coefficient (Wildman–Crippen LogP) is 1.68. The Hall–Kier alpha value is -1.55. The molecule has 1 N–H and O–H groups in total. The fourth-order valence-electron chi connectivity index (χ4n) is 1.16. The van der Waals surface area contributed by atoms with Gasteiger partial charge in [0, 0.05) is 16.8 Å². The Morgan fingerprint density at radius 3 is 2.92 bits per heavy atom. The van der Waals surface area contributed by atoms with Gasteiger partial charge in [0.1, 0.15) is 12.1 Å². The Bertz CT molecular complexity index is 470. The Morgan fingerprint density at radius 1 is 1.31 bits per heavy atom. The fraction of sp³-hybridized carbons (Fsp3) is 0. The lowest BCUT2D eigenvalue weighted by atomic mass is 10.2. The van der Waals surface area contributed by atoms with Gasteiger partial charge in [-0.15, -0.1) is 0 Å². The minimum absolute atomic E-state index is 0.196. The van der Waals surface area contributed by atoms with E-state index in [1.807, 2.05) is 0 Å². The molecule has 1 aromatic heterocycles. The summed E-state index contributed by atoms with van der Waals surface area (Å²) in [4.78, 5) is 8.02. The third-order valence-electron chi connectivity index (χ3n) is 1.76. The number of phenolic OH excluding ortho intramolecular Hbond substituents is 1. The molecule has 0 unspecified atom stereocenters. The molecule has 0 aliphatic carbocycles. The average Bonchev–Trinajstić information content (AvgIpc) is 2.16. The number of aromatic nitrogens is 2. The Labute approximate surface area is 80.1 Å². The Morgan fingerprint density at radius 2 is 2.15 bits per heavy atom. The Kier molecular flexibility index (Phi) is 1.90. The van der Waals surface area contributed by atoms with Gasteiger partial charge in [0.25, 0.3) is 0 Å². The van der Waals surface area contributed by atoms with E-state index in [9.17, 15) is 5.11 Å². The number of aromatic hydroxyl groups is 1. The van der Waals surface area contributed by atoms with Crippen LogP contribution in [0, 0.1) is 0 Å². The van der Waals surface area contributed by atoms with Crippen LogP contribution in [0.1, 0.15) is 5.69 Å². The van der Waals surface area contributed by atoms with Crippen molar-refractivity contribution < 1.29 is 5.11 Å². The van der Waals surface area contributed by atoms with Crippen LogP contribution >= 0.6 is 12.2 Å². The van der Waals surface area contributed by atoms with Gasteiger partial charge in [0.15, 0.2) is 0 Å². The van der Waals surface area contributed by atoms with E-state index in [0.29, 0.717) is 11.2 Å². The zero-order chi connectivity index (χ0) is 9.26. The number of hydrogen-bond acceptors (Lipinski definition) is 4. The maximum Gasteiger partial charge on any atom is 0.117 e. The molecule has 2 rings (SSSR count).